The Morgan fingerprint density at radius 3 is 2.52 bits per heavy atom. The van der Waals surface area contributed by atoms with E-state index in [-0.39, 0.29) is 12.0 Å². The van der Waals surface area contributed by atoms with Crippen molar-refractivity contribution in [3.63, 3.8) is 0 Å². The molecule has 1 fully saturated rings. The summed E-state index contributed by atoms with van der Waals surface area (Å²) in [5, 5.41) is 0. The lowest BCUT2D eigenvalue weighted by Gasteiger charge is -2.26. The minimum Gasteiger partial charge on any atom is -0.497 e. The Kier molecular flexibility index (Phi) is 5.52. The summed E-state index contributed by atoms with van der Waals surface area (Å²) >= 11 is 0. The monoisotopic (exact) mass is 320 g/mol. The molecule has 0 aliphatic carbocycles. The number of nitrogens with zero attached hydrogens (tertiary/aromatic N) is 1. The quantitative estimate of drug-likeness (QED) is 0.926. The van der Waals surface area contributed by atoms with Crippen molar-refractivity contribution >= 4 is 6.09 Å². The lowest BCUT2D eigenvalue weighted by Crippen LogP contribution is -2.36. The fourth-order valence-electron chi connectivity index (χ4n) is 3.06. The van der Waals surface area contributed by atoms with Gasteiger partial charge in [-0.15, -0.1) is 0 Å². The standard InChI is InChI=1S/C18H28N2O3/c1-18(2,3)23-17(21)20-10-9-14(12-20)16(11-19)13-5-7-15(22-4)8-6-13/h5-8,14,16H,9-12,19H2,1-4H3. The first-order valence-corrected chi connectivity index (χ1v) is 8.16. The van der Waals surface area contributed by atoms with E-state index in [1.54, 1.807) is 12.0 Å². The molecule has 2 rings (SSSR count). The van der Waals surface area contributed by atoms with Gasteiger partial charge in [0.25, 0.3) is 0 Å². The summed E-state index contributed by atoms with van der Waals surface area (Å²) in [7, 11) is 1.66. The van der Waals surface area contributed by atoms with Gasteiger partial charge in [-0.2, -0.15) is 0 Å². The Morgan fingerprint density at radius 2 is 2.00 bits per heavy atom. The van der Waals surface area contributed by atoms with Crippen LogP contribution in [0.2, 0.25) is 0 Å². The van der Waals surface area contributed by atoms with Gasteiger partial charge in [0.05, 0.1) is 7.11 Å². The van der Waals surface area contributed by atoms with E-state index in [1.807, 2.05) is 32.9 Å². The fraction of sp³-hybridized carbons (Fsp3) is 0.611. The van der Waals surface area contributed by atoms with E-state index in [0.29, 0.717) is 19.0 Å². The van der Waals surface area contributed by atoms with Crippen LogP contribution in [0.1, 0.15) is 38.7 Å². The Hall–Kier alpha value is -1.75. The maximum absolute atomic E-state index is 12.2. The van der Waals surface area contributed by atoms with Gasteiger partial charge in [-0.3, -0.25) is 0 Å². The van der Waals surface area contributed by atoms with Crippen LogP contribution in [0.25, 0.3) is 0 Å². The largest absolute Gasteiger partial charge is 0.497 e. The van der Waals surface area contributed by atoms with E-state index in [2.05, 4.69) is 12.1 Å². The van der Waals surface area contributed by atoms with Crippen LogP contribution >= 0.6 is 0 Å². The molecular formula is C18H28N2O3. The zero-order valence-electron chi connectivity index (χ0n) is 14.5. The number of hydrogen-bond acceptors (Lipinski definition) is 4. The zero-order chi connectivity index (χ0) is 17.0. The number of carbonyl (C=O) groups excluding carboxylic acids is 1. The number of benzene rings is 1. The predicted octanol–water partition coefficient (Wildman–Crippen LogP) is 2.99. The van der Waals surface area contributed by atoms with Crippen molar-refractivity contribution in [3.05, 3.63) is 29.8 Å². The molecule has 5 heteroatoms. The Morgan fingerprint density at radius 1 is 1.35 bits per heavy atom. The van der Waals surface area contributed by atoms with Crippen LogP contribution in [0.5, 0.6) is 5.75 Å². The second kappa shape index (κ2) is 7.21. The molecule has 0 bridgehead atoms. The molecule has 1 aromatic rings. The Bertz CT molecular complexity index is 522. The Labute approximate surface area is 138 Å². The van der Waals surface area contributed by atoms with Gasteiger partial charge >= 0.3 is 6.09 Å². The van der Waals surface area contributed by atoms with Gasteiger partial charge < -0.3 is 20.1 Å². The van der Waals surface area contributed by atoms with E-state index in [4.69, 9.17) is 15.2 Å². The molecule has 0 radical (unpaired) electrons. The van der Waals surface area contributed by atoms with Crippen LogP contribution in [0.15, 0.2) is 24.3 Å². The van der Waals surface area contributed by atoms with Crippen LogP contribution in [-0.4, -0.2) is 43.3 Å². The van der Waals surface area contributed by atoms with Crippen molar-refractivity contribution in [2.75, 3.05) is 26.7 Å². The summed E-state index contributed by atoms with van der Waals surface area (Å²) in [6.07, 6.45) is 0.721. The summed E-state index contributed by atoms with van der Waals surface area (Å²) < 4.78 is 10.7. The third kappa shape index (κ3) is 4.61. The van der Waals surface area contributed by atoms with Crippen molar-refractivity contribution in [1.29, 1.82) is 0 Å². The first kappa shape index (κ1) is 17.6. The minimum absolute atomic E-state index is 0.231. The summed E-state index contributed by atoms with van der Waals surface area (Å²) in [5.41, 5.74) is 6.75. The molecule has 23 heavy (non-hydrogen) atoms. The highest BCUT2D eigenvalue weighted by Gasteiger charge is 2.34. The highest BCUT2D eigenvalue weighted by Crippen LogP contribution is 2.32. The molecule has 1 aromatic carbocycles. The SMILES string of the molecule is COc1ccc(C(CN)C2CCN(C(=O)OC(C)(C)C)C2)cc1. The van der Waals surface area contributed by atoms with E-state index in [0.717, 1.165) is 18.7 Å². The smallest absolute Gasteiger partial charge is 0.410 e. The van der Waals surface area contributed by atoms with Crippen molar-refractivity contribution in [2.45, 2.75) is 38.7 Å². The highest BCUT2D eigenvalue weighted by atomic mass is 16.6. The first-order chi connectivity index (χ1) is 10.8. The van der Waals surface area contributed by atoms with E-state index < -0.39 is 5.60 Å². The third-order valence-electron chi connectivity index (χ3n) is 4.24. The average molecular weight is 320 g/mol. The third-order valence-corrected chi connectivity index (χ3v) is 4.24. The van der Waals surface area contributed by atoms with Gasteiger partial charge in [0, 0.05) is 19.0 Å². The summed E-state index contributed by atoms with van der Waals surface area (Å²) in [6, 6.07) is 8.04. The second-order valence-electron chi connectivity index (χ2n) is 7.09. The summed E-state index contributed by atoms with van der Waals surface area (Å²) in [5.74, 6) is 1.44. The molecule has 1 aliphatic rings. The van der Waals surface area contributed by atoms with Crippen LogP contribution < -0.4 is 10.5 Å². The summed E-state index contributed by atoms with van der Waals surface area (Å²) in [6.45, 7) is 7.66. The molecule has 1 saturated heterocycles. The molecule has 1 heterocycles. The van der Waals surface area contributed by atoms with E-state index in [9.17, 15) is 4.79 Å². The molecule has 1 aliphatic heterocycles. The van der Waals surface area contributed by atoms with Crippen LogP contribution in [0, 0.1) is 5.92 Å². The average Bonchev–Trinajstić information content (AvgIpc) is 2.97. The minimum atomic E-state index is -0.460. The number of likely N-dealkylation sites (tertiary alicyclic amines) is 1. The number of ether oxygens (including phenoxy) is 2. The molecule has 0 spiro atoms. The van der Waals surface area contributed by atoms with Gasteiger partial charge in [0.2, 0.25) is 0 Å². The van der Waals surface area contributed by atoms with Crippen LogP contribution in [0.3, 0.4) is 0 Å². The number of methoxy groups -OCH3 is 1. The number of nitrogens with two attached hydrogens (primary N) is 1. The van der Waals surface area contributed by atoms with Crippen molar-refractivity contribution < 1.29 is 14.3 Å². The maximum atomic E-state index is 12.2. The van der Waals surface area contributed by atoms with Gasteiger partial charge in [-0.05, 0) is 57.4 Å². The predicted molar refractivity (Wildman–Crippen MR) is 90.7 cm³/mol. The molecule has 128 valence electrons. The lowest BCUT2D eigenvalue weighted by molar-refractivity contribution is 0.0286. The molecular weight excluding hydrogens is 292 g/mol. The highest BCUT2D eigenvalue weighted by molar-refractivity contribution is 5.68. The van der Waals surface area contributed by atoms with Gasteiger partial charge in [0.15, 0.2) is 0 Å². The molecule has 0 aromatic heterocycles. The maximum Gasteiger partial charge on any atom is 0.410 e. The van der Waals surface area contributed by atoms with Gasteiger partial charge in [-0.25, -0.2) is 4.79 Å². The normalized spacial score (nSPS) is 19.5. The molecule has 2 atom stereocenters. The second-order valence-corrected chi connectivity index (χ2v) is 7.09. The zero-order valence-corrected chi connectivity index (χ0v) is 14.5. The molecule has 1 amide bonds. The molecule has 2 N–H and O–H groups in total. The number of hydrogen-bond donors (Lipinski definition) is 1. The molecule has 5 nitrogen and oxygen atoms in total. The van der Waals surface area contributed by atoms with Crippen molar-refractivity contribution in [3.8, 4) is 5.75 Å². The first-order valence-electron chi connectivity index (χ1n) is 8.16. The lowest BCUT2D eigenvalue weighted by atomic mass is 9.85. The molecule has 0 saturated carbocycles. The number of rotatable bonds is 4. The number of amides is 1. The van der Waals surface area contributed by atoms with Crippen molar-refractivity contribution in [1.82, 2.24) is 4.90 Å². The van der Waals surface area contributed by atoms with Gasteiger partial charge in [0.1, 0.15) is 11.4 Å². The van der Waals surface area contributed by atoms with Gasteiger partial charge in [-0.1, -0.05) is 12.1 Å². The number of carbonyl (C=O) groups is 1. The van der Waals surface area contributed by atoms with Crippen LogP contribution in [0.4, 0.5) is 4.79 Å². The molecule has 2 unspecified atom stereocenters. The van der Waals surface area contributed by atoms with Crippen molar-refractivity contribution in [2.24, 2.45) is 11.7 Å². The summed E-state index contributed by atoms with van der Waals surface area (Å²) in [4.78, 5) is 14.0. The van der Waals surface area contributed by atoms with E-state index in [1.165, 1.54) is 5.56 Å². The van der Waals surface area contributed by atoms with Crippen LogP contribution in [-0.2, 0) is 4.74 Å². The van der Waals surface area contributed by atoms with E-state index >= 15 is 0 Å². The topological polar surface area (TPSA) is 64.8 Å². The Balaban J connectivity index is 2.01. The fourth-order valence-corrected chi connectivity index (χ4v) is 3.06.